The number of carbonyl (C=O) groups is 1. The Labute approximate surface area is 165 Å². The molecule has 0 spiro atoms. The molecule has 146 valence electrons. The number of fused-ring (bicyclic) bond motifs is 1. The van der Waals surface area contributed by atoms with E-state index in [1.165, 1.54) is 12.0 Å². The molecule has 0 saturated heterocycles. The lowest BCUT2D eigenvalue weighted by Gasteiger charge is -2.26. The van der Waals surface area contributed by atoms with Gasteiger partial charge in [0.05, 0.1) is 18.3 Å². The second-order valence-electron chi connectivity index (χ2n) is 8.57. The summed E-state index contributed by atoms with van der Waals surface area (Å²) in [6.45, 7) is 6.92. The van der Waals surface area contributed by atoms with Gasteiger partial charge in [-0.2, -0.15) is 0 Å². The number of aromatic nitrogens is 2. The molecule has 0 bridgehead atoms. The standard InChI is InChI=1S/C23H27N3O2/c1-23(2,3)16-7-8-20-15(11-16)12-21(26-20)22(27)25-14-17-13-19(9-10-24-17)28-18-5-4-6-18/h7-13,18,26H,4-6,14H2,1-3H3,(H,25,27). The van der Waals surface area contributed by atoms with E-state index in [0.717, 1.165) is 35.2 Å². The van der Waals surface area contributed by atoms with Crippen molar-refractivity contribution in [3.63, 3.8) is 0 Å². The third-order valence-electron chi connectivity index (χ3n) is 5.30. The molecule has 1 saturated carbocycles. The molecule has 1 fully saturated rings. The number of benzene rings is 1. The Morgan fingerprint density at radius 3 is 2.75 bits per heavy atom. The molecule has 1 aliphatic carbocycles. The number of amides is 1. The van der Waals surface area contributed by atoms with Crippen molar-refractivity contribution >= 4 is 16.8 Å². The second kappa shape index (κ2) is 7.30. The molecule has 5 nitrogen and oxygen atoms in total. The number of ether oxygens (including phenoxy) is 1. The van der Waals surface area contributed by atoms with E-state index in [-0.39, 0.29) is 11.3 Å². The van der Waals surface area contributed by atoms with Crippen molar-refractivity contribution in [1.82, 2.24) is 15.3 Å². The summed E-state index contributed by atoms with van der Waals surface area (Å²) < 4.78 is 5.90. The van der Waals surface area contributed by atoms with Gasteiger partial charge in [-0.25, -0.2) is 0 Å². The molecule has 1 aromatic carbocycles. The van der Waals surface area contributed by atoms with Crippen molar-refractivity contribution < 1.29 is 9.53 Å². The summed E-state index contributed by atoms with van der Waals surface area (Å²) in [6, 6.07) is 12.0. The van der Waals surface area contributed by atoms with Gasteiger partial charge < -0.3 is 15.0 Å². The lowest BCUT2D eigenvalue weighted by atomic mass is 9.86. The fourth-order valence-electron chi connectivity index (χ4n) is 3.29. The summed E-state index contributed by atoms with van der Waals surface area (Å²) in [6.07, 6.45) is 5.53. The fourth-order valence-corrected chi connectivity index (χ4v) is 3.29. The molecule has 0 aliphatic heterocycles. The number of aromatic amines is 1. The maximum Gasteiger partial charge on any atom is 0.268 e. The maximum atomic E-state index is 12.6. The third kappa shape index (κ3) is 4.03. The zero-order valence-electron chi connectivity index (χ0n) is 16.7. The minimum absolute atomic E-state index is 0.0755. The van der Waals surface area contributed by atoms with Crippen LogP contribution in [0.1, 0.15) is 61.8 Å². The molecule has 4 rings (SSSR count). The second-order valence-corrected chi connectivity index (χ2v) is 8.57. The van der Waals surface area contributed by atoms with Gasteiger partial charge in [-0.1, -0.05) is 26.8 Å². The Hall–Kier alpha value is -2.82. The number of nitrogens with zero attached hydrogens (tertiary/aromatic N) is 1. The summed E-state index contributed by atoms with van der Waals surface area (Å²) >= 11 is 0. The van der Waals surface area contributed by atoms with Gasteiger partial charge >= 0.3 is 0 Å². The number of hydrogen-bond donors (Lipinski definition) is 2. The van der Waals surface area contributed by atoms with E-state index in [2.05, 4.69) is 48.2 Å². The first kappa shape index (κ1) is 18.5. The molecule has 28 heavy (non-hydrogen) atoms. The van der Waals surface area contributed by atoms with E-state index in [9.17, 15) is 4.79 Å². The minimum atomic E-state index is -0.138. The van der Waals surface area contributed by atoms with Crippen LogP contribution in [0.15, 0.2) is 42.6 Å². The normalized spacial score (nSPS) is 14.7. The highest BCUT2D eigenvalue weighted by Crippen LogP contribution is 2.27. The van der Waals surface area contributed by atoms with E-state index >= 15 is 0 Å². The quantitative estimate of drug-likeness (QED) is 0.676. The van der Waals surface area contributed by atoms with Crippen molar-refractivity contribution in [3.05, 3.63) is 59.5 Å². The molecule has 1 amide bonds. The first-order valence-corrected chi connectivity index (χ1v) is 9.91. The van der Waals surface area contributed by atoms with Crippen LogP contribution in [0.2, 0.25) is 0 Å². The van der Waals surface area contributed by atoms with Gasteiger partial charge in [-0.05, 0) is 54.5 Å². The average molecular weight is 377 g/mol. The van der Waals surface area contributed by atoms with Gasteiger partial charge in [0, 0.05) is 23.2 Å². The van der Waals surface area contributed by atoms with Crippen LogP contribution in [0.3, 0.4) is 0 Å². The summed E-state index contributed by atoms with van der Waals surface area (Å²) in [4.78, 5) is 20.1. The molecular weight excluding hydrogens is 350 g/mol. The SMILES string of the molecule is CC(C)(C)c1ccc2[nH]c(C(=O)NCc3cc(OC4CCC4)ccn3)cc2c1. The van der Waals surface area contributed by atoms with Crippen LogP contribution >= 0.6 is 0 Å². The summed E-state index contributed by atoms with van der Waals surface area (Å²) in [5, 5.41) is 3.99. The molecular formula is C23H27N3O2. The fraction of sp³-hybridized carbons (Fsp3) is 0.391. The van der Waals surface area contributed by atoms with Crippen LogP contribution in [-0.2, 0) is 12.0 Å². The highest BCUT2D eigenvalue weighted by molar-refractivity contribution is 5.98. The van der Waals surface area contributed by atoms with E-state index in [1.807, 2.05) is 24.3 Å². The lowest BCUT2D eigenvalue weighted by molar-refractivity contribution is 0.0945. The summed E-state index contributed by atoms with van der Waals surface area (Å²) in [5.41, 5.74) is 3.64. The molecule has 0 radical (unpaired) electrons. The third-order valence-corrected chi connectivity index (χ3v) is 5.30. The smallest absolute Gasteiger partial charge is 0.268 e. The average Bonchev–Trinajstić information content (AvgIpc) is 3.06. The lowest BCUT2D eigenvalue weighted by Crippen LogP contribution is -2.25. The predicted octanol–water partition coefficient (Wildman–Crippen LogP) is 4.72. The van der Waals surface area contributed by atoms with Gasteiger partial charge in [0.2, 0.25) is 0 Å². The largest absolute Gasteiger partial charge is 0.490 e. The Bertz CT molecular complexity index is 996. The zero-order chi connectivity index (χ0) is 19.7. The highest BCUT2D eigenvalue weighted by Gasteiger charge is 2.19. The Morgan fingerprint density at radius 2 is 2.04 bits per heavy atom. The van der Waals surface area contributed by atoms with Crippen LogP contribution in [0.4, 0.5) is 0 Å². The first-order chi connectivity index (χ1) is 13.4. The van der Waals surface area contributed by atoms with E-state index < -0.39 is 0 Å². The Balaban J connectivity index is 1.43. The van der Waals surface area contributed by atoms with Crippen molar-refractivity contribution in [2.24, 2.45) is 0 Å². The number of hydrogen-bond acceptors (Lipinski definition) is 3. The predicted molar refractivity (Wildman–Crippen MR) is 111 cm³/mol. The number of carbonyl (C=O) groups excluding carboxylic acids is 1. The van der Waals surface area contributed by atoms with E-state index in [4.69, 9.17) is 4.74 Å². The molecule has 5 heteroatoms. The topological polar surface area (TPSA) is 67.0 Å². The number of rotatable bonds is 5. The van der Waals surface area contributed by atoms with Gasteiger partial charge in [0.25, 0.3) is 5.91 Å². The highest BCUT2D eigenvalue weighted by atomic mass is 16.5. The molecule has 1 aliphatic rings. The number of H-pyrrole nitrogens is 1. The monoisotopic (exact) mass is 377 g/mol. The van der Waals surface area contributed by atoms with Crippen LogP contribution in [0.25, 0.3) is 10.9 Å². The molecule has 2 N–H and O–H groups in total. The summed E-state index contributed by atoms with van der Waals surface area (Å²) in [5.74, 6) is 0.685. The molecule has 2 heterocycles. The Kier molecular flexibility index (Phi) is 4.84. The van der Waals surface area contributed by atoms with Crippen molar-refractivity contribution in [3.8, 4) is 5.75 Å². The number of pyridine rings is 1. The van der Waals surface area contributed by atoms with E-state index in [1.54, 1.807) is 6.20 Å². The van der Waals surface area contributed by atoms with E-state index in [0.29, 0.717) is 18.3 Å². The van der Waals surface area contributed by atoms with Crippen LogP contribution in [-0.4, -0.2) is 22.0 Å². The first-order valence-electron chi connectivity index (χ1n) is 9.91. The Morgan fingerprint density at radius 1 is 1.21 bits per heavy atom. The molecule has 0 unspecified atom stereocenters. The van der Waals surface area contributed by atoms with Crippen molar-refractivity contribution in [1.29, 1.82) is 0 Å². The van der Waals surface area contributed by atoms with Gasteiger partial charge in [-0.3, -0.25) is 9.78 Å². The summed E-state index contributed by atoms with van der Waals surface area (Å²) in [7, 11) is 0. The van der Waals surface area contributed by atoms with Crippen LogP contribution in [0.5, 0.6) is 5.75 Å². The molecule has 2 aromatic heterocycles. The minimum Gasteiger partial charge on any atom is -0.490 e. The van der Waals surface area contributed by atoms with Gasteiger partial charge in [0.1, 0.15) is 11.4 Å². The van der Waals surface area contributed by atoms with Crippen LogP contribution in [0, 0.1) is 0 Å². The zero-order valence-corrected chi connectivity index (χ0v) is 16.7. The number of nitrogens with one attached hydrogen (secondary N) is 2. The van der Waals surface area contributed by atoms with Crippen LogP contribution < -0.4 is 10.1 Å². The van der Waals surface area contributed by atoms with Gasteiger partial charge in [-0.15, -0.1) is 0 Å². The van der Waals surface area contributed by atoms with Gasteiger partial charge in [0.15, 0.2) is 0 Å². The molecule has 3 aromatic rings. The van der Waals surface area contributed by atoms with Crippen molar-refractivity contribution in [2.45, 2.75) is 58.1 Å². The maximum absolute atomic E-state index is 12.6. The molecule has 0 atom stereocenters. The van der Waals surface area contributed by atoms with Crippen molar-refractivity contribution in [2.75, 3.05) is 0 Å².